The van der Waals surface area contributed by atoms with Gasteiger partial charge >= 0.3 is 0 Å². The highest BCUT2D eigenvalue weighted by molar-refractivity contribution is 5.99. The molecule has 4 aromatic rings. The van der Waals surface area contributed by atoms with E-state index < -0.39 is 0 Å². The van der Waals surface area contributed by atoms with E-state index in [0.29, 0.717) is 0 Å². The minimum absolute atomic E-state index is 1.06. The molecular weight excluding hydrogens is 208 g/mol. The number of pyridine rings is 1. The quantitative estimate of drug-likeness (QED) is 0.446. The molecule has 2 aromatic heterocycles. The second-order valence-electron chi connectivity index (χ2n) is 4.30. The second kappa shape index (κ2) is 3.08. The highest BCUT2D eigenvalue weighted by Crippen LogP contribution is 2.24. The molecule has 4 rings (SSSR count). The Balaban J connectivity index is 2.23. The van der Waals surface area contributed by atoms with Gasteiger partial charge in [-0.2, -0.15) is 0 Å². The van der Waals surface area contributed by atoms with Gasteiger partial charge in [-0.3, -0.25) is 4.98 Å². The Morgan fingerprint density at radius 3 is 2.71 bits per heavy atom. The van der Waals surface area contributed by atoms with E-state index in [1.54, 1.807) is 0 Å². The van der Waals surface area contributed by atoms with Crippen molar-refractivity contribution in [1.29, 1.82) is 0 Å². The lowest BCUT2D eigenvalue weighted by Gasteiger charge is -2.03. The maximum absolute atomic E-state index is 4.34. The molecule has 2 heterocycles. The van der Waals surface area contributed by atoms with Crippen molar-refractivity contribution in [1.82, 2.24) is 9.97 Å². The van der Waals surface area contributed by atoms with Crippen LogP contribution in [0, 0.1) is 0 Å². The number of aromatic nitrogens is 2. The lowest BCUT2D eigenvalue weighted by molar-refractivity contribution is 1.47. The average molecular weight is 218 g/mol. The van der Waals surface area contributed by atoms with Crippen LogP contribution < -0.4 is 0 Å². The van der Waals surface area contributed by atoms with Crippen molar-refractivity contribution in [3.63, 3.8) is 0 Å². The summed E-state index contributed by atoms with van der Waals surface area (Å²) in [5, 5.41) is 3.62. The summed E-state index contributed by atoms with van der Waals surface area (Å²) in [7, 11) is 0. The van der Waals surface area contributed by atoms with Crippen molar-refractivity contribution in [3.05, 3.63) is 54.7 Å². The Hall–Kier alpha value is -2.35. The molecule has 0 fully saturated rings. The molecule has 80 valence electrons. The van der Waals surface area contributed by atoms with E-state index in [4.69, 9.17) is 0 Å². The van der Waals surface area contributed by atoms with E-state index in [2.05, 4.69) is 46.4 Å². The number of hydrogen-bond donors (Lipinski definition) is 1. The molecule has 0 saturated heterocycles. The number of H-pyrrole nitrogens is 1. The zero-order valence-electron chi connectivity index (χ0n) is 9.14. The van der Waals surface area contributed by atoms with Crippen molar-refractivity contribution in [2.45, 2.75) is 0 Å². The fourth-order valence-corrected chi connectivity index (χ4v) is 2.34. The zero-order valence-corrected chi connectivity index (χ0v) is 9.14. The predicted octanol–water partition coefficient (Wildman–Crippen LogP) is 3.87. The van der Waals surface area contributed by atoms with Crippen molar-refractivity contribution in [3.8, 4) is 0 Å². The fraction of sp³-hybridized carbons (Fsp3) is 0. The van der Waals surface area contributed by atoms with Crippen LogP contribution in [0.2, 0.25) is 0 Å². The lowest BCUT2D eigenvalue weighted by atomic mass is 10.1. The van der Waals surface area contributed by atoms with Gasteiger partial charge < -0.3 is 4.98 Å². The monoisotopic (exact) mass is 218 g/mol. The van der Waals surface area contributed by atoms with Gasteiger partial charge in [0.05, 0.1) is 5.52 Å². The third-order valence-electron chi connectivity index (χ3n) is 3.21. The summed E-state index contributed by atoms with van der Waals surface area (Å²) in [6.45, 7) is 0. The SMILES string of the molecule is c1ccc2[nH]c3cc4ccnc4cc3cc2c1. The normalized spacial score (nSPS) is 11.5. The number of aromatic amines is 1. The molecule has 0 amide bonds. The molecule has 1 N–H and O–H groups in total. The van der Waals surface area contributed by atoms with Crippen molar-refractivity contribution < 1.29 is 0 Å². The van der Waals surface area contributed by atoms with Gasteiger partial charge in [0.1, 0.15) is 0 Å². The molecule has 0 aliphatic rings. The highest BCUT2D eigenvalue weighted by atomic mass is 14.7. The molecule has 2 aromatic carbocycles. The maximum atomic E-state index is 4.34. The van der Waals surface area contributed by atoms with Gasteiger partial charge in [0.15, 0.2) is 0 Å². The van der Waals surface area contributed by atoms with E-state index in [1.165, 1.54) is 21.7 Å². The first-order valence-corrected chi connectivity index (χ1v) is 5.66. The number of benzene rings is 2. The summed E-state index contributed by atoms with van der Waals surface area (Å²) in [4.78, 5) is 7.80. The number of hydrogen-bond acceptors (Lipinski definition) is 1. The first-order valence-electron chi connectivity index (χ1n) is 5.66. The van der Waals surface area contributed by atoms with Gasteiger partial charge in [0, 0.05) is 28.0 Å². The fourth-order valence-electron chi connectivity index (χ4n) is 2.34. The Morgan fingerprint density at radius 2 is 1.71 bits per heavy atom. The molecule has 0 bridgehead atoms. The molecule has 0 spiro atoms. The van der Waals surface area contributed by atoms with E-state index >= 15 is 0 Å². The van der Waals surface area contributed by atoms with Crippen LogP contribution in [0.1, 0.15) is 0 Å². The molecule has 0 unspecified atom stereocenters. The zero-order chi connectivity index (χ0) is 11.2. The first kappa shape index (κ1) is 8.76. The third-order valence-corrected chi connectivity index (χ3v) is 3.21. The molecule has 0 aliphatic heterocycles. The summed E-state index contributed by atoms with van der Waals surface area (Å²) in [5.41, 5.74) is 3.38. The van der Waals surface area contributed by atoms with Gasteiger partial charge in [0.2, 0.25) is 0 Å². The third kappa shape index (κ3) is 1.24. The van der Waals surface area contributed by atoms with Crippen molar-refractivity contribution >= 4 is 32.7 Å². The van der Waals surface area contributed by atoms with E-state index in [1.807, 2.05) is 18.3 Å². The summed E-state index contributed by atoms with van der Waals surface area (Å²) in [6, 6.07) is 16.9. The molecule has 0 atom stereocenters. The van der Waals surface area contributed by atoms with E-state index in [0.717, 1.165) is 11.0 Å². The minimum atomic E-state index is 1.06. The smallest absolute Gasteiger partial charge is 0.0710 e. The van der Waals surface area contributed by atoms with Gasteiger partial charge in [-0.1, -0.05) is 18.2 Å². The summed E-state index contributed by atoms with van der Waals surface area (Å²) < 4.78 is 0. The first-order chi connectivity index (χ1) is 8.40. The maximum Gasteiger partial charge on any atom is 0.0710 e. The number of para-hydroxylation sites is 1. The number of nitrogens with one attached hydrogen (secondary N) is 1. The summed E-state index contributed by atoms with van der Waals surface area (Å²) >= 11 is 0. The highest BCUT2D eigenvalue weighted by Gasteiger charge is 2.01. The van der Waals surface area contributed by atoms with Gasteiger partial charge in [-0.05, 0) is 35.7 Å². The topological polar surface area (TPSA) is 28.7 Å². The van der Waals surface area contributed by atoms with Crippen LogP contribution in [0.25, 0.3) is 32.7 Å². The molecule has 0 saturated carbocycles. The lowest BCUT2D eigenvalue weighted by Crippen LogP contribution is -1.82. The van der Waals surface area contributed by atoms with Crippen LogP contribution >= 0.6 is 0 Å². The Bertz CT molecular complexity index is 774. The van der Waals surface area contributed by atoms with Gasteiger partial charge in [-0.15, -0.1) is 0 Å². The van der Waals surface area contributed by atoms with Crippen LogP contribution in [-0.4, -0.2) is 9.97 Å². The Labute approximate surface area is 97.9 Å². The van der Waals surface area contributed by atoms with Gasteiger partial charge in [0.25, 0.3) is 0 Å². The Kier molecular flexibility index (Phi) is 1.59. The number of nitrogens with zero attached hydrogens (tertiary/aromatic N) is 1. The number of fused-ring (bicyclic) bond motifs is 3. The second-order valence-corrected chi connectivity index (χ2v) is 4.30. The van der Waals surface area contributed by atoms with E-state index in [9.17, 15) is 0 Å². The predicted molar refractivity (Wildman–Crippen MR) is 71.1 cm³/mol. The standard InChI is InChI=1S/C15H10N2/c1-2-4-13-10(3-1)7-12-9-14-11(5-6-16-14)8-15(12)17-13/h1-9,17H. The van der Waals surface area contributed by atoms with Crippen molar-refractivity contribution in [2.24, 2.45) is 0 Å². The molecule has 0 aliphatic carbocycles. The van der Waals surface area contributed by atoms with Crippen LogP contribution in [0.4, 0.5) is 0 Å². The summed E-state index contributed by atoms with van der Waals surface area (Å²) in [6.07, 6.45) is 1.85. The molecular formula is C15H10N2. The molecule has 2 heteroatoms. The van der Waals surface area contributed by atoms with Crippen molar-refractivity contribution in [2.75, 3.05) is 0 Å². The number of rotatable bonds is 0. The van der Waals surface area contributed by atoms with Gasteiger partial charge in [-0.25, -0.2) is 0 Å². The van der Waals surface area contributed by atoms with Crippen LogP contribution in [0.15, 0.2) is 54.7 Å². The van der Waals surface area contributed by atoms with E-state index in [-0.39, 0.29) is 0 Å². The summed E-state index contributed by atoms with van der Waals surface area (Å²) in [5.74, 6) is 0. The van der Waals surface area contributed by atoms with Crippen LogP contribution in [0.3, 0.4) is 0 Å². The molecule has 0 radical (unpaired) electrons. The largest absolute Gasteiger partial charge is 0.355 e. The average Bonchev–Trinajstić information content (AvgIpc) is 2.80. The Morgan fingerprint density at radius 1 is 0.765 bits per heavy atom. The molecule has 2 nitrogen and oxygen atoms in total. The minimum Gasteiger partial charge on any atom is -0.355 e. The van der Waals surface area contributed by atoms with Crippen LogP contribution in [0.5, 0.6) is 0 Å². The van der Waals surface area contributed by atoms with Crippen LogP contribution in [-0.2, 0) is 0 Å². The molecule has 17 heavy (non-hydrogen) atoms.